The molecular formula is C14H16BrN3O. The number of anilines is 3. The predicted octanol–water partition coefficient (Wildman–Crippen LogP) is 3.88. The minimum Gasteiger partial charge on any atom is -0.476 e. The Labute approximate surface area is 121 Å². The third kappa shape index (κ3) is 3.38. The molecule has 0 saturated carbocycles. The van der Waals surface area contributed by atoms with E-state index in [1.54, 1.807) is 6.07 Å². The number of nitrogens with zero attached hydrogens (tertiary/aromatic N) is 1. The molecule has 19 heavy (non-hydrogen) atoms. The molecule has 100 valence electrons. The van der Waals surface area contributed by atoms with Crippen molar-refractivity contribution in [3.63, 3.8) is 0 Å². The lowest BCUT2D eigenvalue weighted by Gasteiger charge is -2.11. The Morgan fingerprint density at radius 2 is 2.11 bits per heavy atom. The highest BCUT2D eigenvalue weighted by molar-refractivity contribution is 9.10. The van der Waals surface area contributed by atoms with Gasteiger partial charge in [0, 0.05) is 4.47 Å². The molecule has 0 saturated heterocycles. The second-order valence-corrected chi connectivity index (χ2v) is 4.99. The monoisotopic (exact) mass is 321 g/mol. The average Bonchev–Trinajstić information content (AvgIpc) is 2.37. The maximum atomic E-state index is 5.79. The molecule has 2 rings (SSSR count). The van der Waals surface area contributed by atoms with Crippen LogP contribution in [0.3, 0.4) is 0 Å². The fourth-order valence-electron chi connectivity index (χ4n) is 1.63. The third-order valence-electron chi connectivity index (χ3n) is 2.56. The summed E-state index contributed by atoms with van der Waals surface area (Å²) in [6.07, 6.45) is 0. The predicted molar refractivity (Wildman–Crippen MR) is 82.0 cm³/mol. The molecule has 0 aliphatic rings. The highest BCUT2D eigenvalue weighted by Crippen LogP contribution is 2.28. The Balaban J connectivity index is 2.25. The van der Waals surface area contributed by atoms with E-state index in [1.165, 1.54) is 5.56 Å². The molecule has 1 heterocycles. The molecule has 0 spiro atoms. The number of benzene rings is 1. The van der Waals surface area contributed by atoms with E-state index in [-0.39, 0.29) is 0 Å². The van der Waals surface area contributed by atoms with Gasteiger partial charge in [0.1, 0.15) is 5.82 Å². The molecule has 0 atom stereocenters. The first-order valence-electron chi connectivity index (χ1n) is 6.02. The van der Waals surface area contributed by atoms with Crippen molar-refractivity contribution in [3.8, 4) is 5.88 Å². The van der Waals surface area contributed by atoms with E-state index in [9.17, 15) is 0 Å². The lowest BCUT2D eigenvalue weighted by atomic mass is 10.2. The van der Waals surface area contributed by atoms with Gasteiger partial charge in [-0.15, -0.1) is 0 Å². The summed E-state index contributed by atoms with van der Waals surface area (Å²) in [4.78, 5) is 4.34. The fraction of sp³-hybridized carbons (Fsp3) is 0.214. The smallest absolute Gasteiger partial charge is 0.239 e. The van der Waals surface area contributed by atoms with Crippen LogP contribution in [0.15, 0.2) is 34.8 Å². The van der Waals surface area contributed by atoms with E-state index < -0.39 is 0 Å². The normalized spacial score (nSPS) is 10.3. The molecule has 1 aromatic heterocycles. The van der Waals surface area contributed by atoms with Crippen LogP contribution in [0, 0.1) is 6.92 Å². The van der Waals surface area contributed by atoms with Crippen molar-refractivity contribution in [1.29, 1.82) is 0 Å². The molecular weight excluding hydrogens is 306 g/mol. The molecule has 2 aromatic rings. The van der Waals surface area contributed by atoms with Gasteiger partial charge in [-0.1, -0.05) is 6.07 Å². The molecule has 0 aliphatic heterocycles. The van der Waals surface area contributed by atoms with Crippen molar-refractivity contribution >= 4 is 33.1 Å². The highest BCUT2D eigenvalue weighted by atomic mass is 79.9. The van der Waals surface area contributed by atoms with Gasteiger partial charge in [0.15, 0.2) is 0 Å². The molecule has 5 heteroatoms. The van der Waals surface area contributed by atoms with Gasteiger partial charge in [-0.3, -0.25) is 0 Å². The van der Waals surface area contributed by atoms with Gasteiger partial charge in [0.05, 0.1) is 18.0 Å². The number of halogens is 1. The Morgan fingerprint density at radius 1 is 1.32 bits per heavy atom. The summed E-state index contributed by atoms with van der Waals surface area (Å²) in [6.45, 7) is 4.48. The van der Waals surface area contributed by atoms with Gasteiger partial charge in [-0.25, -0.2) is 0 Å². The lowest BCUT2D eigenvalue weighted by molar-refractivity contribution is 0.329. The molecule has 1 aromatic carbocycles. The number of ether oxygens (including phenoxy) is 1. The van der Waals surface area contributed by atoms with Gasteiger partial charge in [0.25, 0.3) is 0 Å². The van der Waals surface area contributed by atoms with E-state index >= 15 is 0 Å². The summed E-state index contributed by atoms with van der Waals surface area (Å²) in [5.41, 5.74) is 8.47. The first kappa shape index (κ1) is 13.7. The molecule has 0 radical (unpaired) electrons. The Bertz CT molecular complexity index is 587. The molecule has 4 nitrogen and oxygen atoms in total. The summed E-state index contributed by atoms with van der Waals surface area (Å²) >= 11 is 3.52. The van der Waals surface area contributed by atoms with Crippen molar-refractivity contribution in [2.45, 2.75) is 13.8 Å². The summed E-state index contributed by atoms with van der Waals surface area (Å²) < 4.78 is 6.37. The van der Waals surface area contributed by atoms with Gasteiger partial charge in [-0.2, -0.15) is 4.98 Å². The fourth-order valence-corrected chi connectivity index (χ4v) is 2.23. The van der Waals surface area contributed by atoms with E-state index in [2.05, 4.69) is 26.2 Å². The van der Waals surface area contributed by atoms with Crippen LogP contribution in [-0.4, -0.2) is 11.6 Å². The number of hydrogen-bond donors (Lipinski definition) is 2. The van der Waals surface area contributed by atoms with Crippen LogP contribution in [0.1, 0.15) is 12.5 Å². The number of pyridine rings is 1. The Kier molecular flexibility index (Phi) is 4.27. The zero-order valence-electron chi connectivity index (χ0n) is 10.9. The minimum absolute atomic E-state index is 0.454. The maximum absolute atomic E-state index is 5.79. The number of aryl methyl sites for hydroxylation is 1. The lowest BCUT2D eigenvalue weighted by Crippen LogP contribution is -2.02. The topological polar surface area (TPSA) is 60.2 Å². The minimum atomic E-state index is 0.454. The summed E-state index contributed by atoms with van der Waals surface area (Å²) in [6, 6.07) is 9.68. The summed E-state index contributed by atoms with van der Waals surface area (Å²) in [7, 11) is 0. The second-order valence-electron chi connectivity index (χ2n) is 4.13. The summed E-state index contributed by atoms with van der Waals surface area (Å²) in [5, 5.41) is 3.23. The van der Waals surface area contributed by atoms with Crippen LogP contribution in [0.25, 0.3) is 0 Å². The van der Waals surface area contributed by atoms with Gasteiger partial charge < -0.3 is 15.8 Å². The van der Waals surface area contributed by atoms with E-state index in [4.69, 9.17) is 10.5 Å². The number of nitrogens with two attached hydrogens (primary N) is 1. The first-order chi connectivity index (χ1) is 9.10. The quantitative estimate of drug-likeness (QED) is 0.897. The van der Waals surface area contributed by atoms with Crippen LogP contribution in [0.4, 0.5) is 17.2 Å². The van der Waals surface area contributed by atoms with Crippen LogP contribution in [-0.2, 0) is 0 Å². The van der Waals surface area contributed by atoms with E-state index in [0.29, 0.717) is 24.0 Å². The van der Waals surface area contributed by atoms with Crippen molar-refractivity contribution in [2.75, 3.05) is 17.7 Å². The van der Waals surface area contributed by atoms with Crippen molar-refractivity contribution < 1.29 is 4.74 Å². The molecule has 0 fully saturated rings. The van der Waals surface area contributed by atoms with Crippen LogP contribution in [0.2, 0.25) is 0 Å². The molecule has 0 aliphatic carbocycles. The standard InChI is InChI=1S/C14H16BrN3O/c1-3-19-14-11(16)5-7-13(18-14)17-12-6-4-9(2)8-10(12)15/h4-8H,3,16H2,1-2H3,(H,17,18). The van der Waals surface area contributed by atoms with Crippen molar-refractivity contribution in [3.05, 3.63) is 40.4 Å². The largest absolute Gasteiger partial charge is 0.476 e. The number of rotatable bonds is 4. The maximum Gasteiger partial charge on any atom is 0.239 e. The molecule has 3 N–H and O–H groups in total. The highest BCUT2D eigenvalue weighted by Gasteiger charge is 2.06. The molecule has 0 bridgehead atoms. The molecule has 0 unspecified atom stereocenters. The second kappa shape index (κ2) is 5.93. The molecule has 0 amide bonds. The number of nitrogens with one attached hydrogen (secondary N) is 1. The number of nitrogen functional groups attached to an aromatic ring is 1. The number of hydrogen-bond acceptors (Lipinski definition) is 4. The van der Waals surface area contributed by atoms with Crippen molar-refractivity contribution in [1.82, 2.24) is 4.98 Å². The average molecular weight is 322 g/mol. The van der Waals surface area contributed by atoms with E-state index in [1.807, 2.05) is 38.1 Å². The zero-order valence-corrected chi connectivity index (χ0v) is 12.5. The van der Waals surface area contributed by atoms with Crippen LogP contribution >= 0.6 is 15.9 Å². The van der Waals surface area contributed by atoms with E-state index in [0.717, 1.165) is 10.2 Å². The van der Waals surface area contributed by atoms with Crippen LogP contribution in [0.5, 0.6) is 5.88 Å². The van der Waals surface area contributed by atoms with Gasteiger partial charge >= 0.3 is 0 Å². The Hall–Kier alpha value is -1.75. The zero-order chi connectivity index (χ0) is 13.8. The van der Waals surface area contributed by atoms with Crippen molar-refractivity contribution in [2.24, 2.45) is 0 Å². The Morgan fingerprint density at radius 3 is 2.79 bits per heavy atom. The van der Waals surface area contributed by atoms with Gasteiger partial charge in [0.2, 0.25) is 5.88 Å². The first-order valence-corrected chi connectivity index (χ1v) is 6.82. The van der Waals surface area contributed by atoms with Gasteiger partial charge in [-0.05, 0) is 59.6 Å². The SMILES string of the molecule is CCOc1nc(Nc2ccc(C)cc2Br)ccc1N. The van der Waals surface area contributed by atoms with Crippen LogP contribution < -0.4 is 15.8 Å². The summed E-state index contributed by atoms with van der Waals surface area (Å²) in [5.74, 6) is 1.15. The third-order valence-corrected chi connectivity index (χ3v) is 3.21. The number of aromatic nitrogens is 1.